The number of carbonyl (C=O) groups is 1. The van der Waals surface area contributed by atoms with Gasteiger partial charge < -0.3 is 30.5 Å². The Bertz CT molecular complexity index is 453. The first-order valence-corrected chi connectivity index (χ1v) is 6.21. The quantitative estimate of drug-likeness (QED) is 0.447. The van der Waals surface area contributed by atoms with Gasteiger partial charge in [0.15, 0.2) is 6.29 Å². The van der Waals surface area contributed by atoms with Gasteiger partial charge in [-0.05, 0) is 12.1 Å². The highest BCUT2D eigenvalue weighted by Crippen LogP contribution is 2.20. The van der Waals surface area contributed by atoms with E-state index in [0.29, 0.717) is 5.56 Å². The molecule has 1 saturated heterocycles. The average Bonchev–Trinajstić information content (AvgIpc) is 2.48. The van der Waals surface area contributed by atoms with Gasteiger partial charge in [0, 0.05) is 5.56 Å². The van der Waals surface area contributed by atoms with E-state index in [1.165, 1.54) is 0 Å². The molecule has 1 amide bonds. The Kier molecular flexibility index (Phi) is 4.69. The zero-order chi connectivity index (χ0) is 14.7. The van der Waals surface area contributed by atoms with Crippen molar-refractivity contribution in [3.05, 3.63) is 35.9 Å². The molecule has 110 valence electrons. The standard InChI is InChI=1S/C13H17NO6/c15-6-8-10(16)9(11(17)13(19)20-8)14-12(18)7-4-2-1-3-5-7/h1-5,8-11,13,15-17,19H,6H2,(H,14,18)/t8-,9+,10+,11+,13-/m1/s1. The van der Waals surface area contributed by atoms with Gasteiger partial charge in [-0.15, -0.1) is 0 Å². The second-order valence-corrected chi connectivity index (χ2v) is 4.59. The van der Waals surface area contributed by atoms with Crippen molar-refractivity contribution < 1.29 is 30.0 Å². The molecule has 7 heteroatoms. The number of amides is 1. The molecule has 1 aromatic rings. The van der Waals surface area contributed by atoms with Crippen LogP contribution in [0, 0.1) is 0 Å². The maximum atomic E-state index is 12.0. The summed E-state index contributed by atoms with van der Waals surface area (Å²) in [7, 11) is 0. The van der Waals surface area contributed by atoms with E-state index in [0.717, 1.165) is 0 Å². The summed E-state index contributed by atoms with van der Waals surface area (Å²) >= 11 is 0. The Morgan fingerprint density at radius 3 is 2.40 bits per heavy atom. The monoisotopic (exact) mass is 283 g/mol. The molecule has 1 heterocycles. The molecule has 7 nitrogen and oxygen atoms in total. The van der Waals surface area contributed by atoms with E-state index in [4.69, 9.17) is 9.84 Å². The van der Waals surface area contributed by atoms with E-state index in [9.17, 15) is 20.1 Å². The molecule has 5 atom stereocenters. The number of aliphatic hydroxyl groups is 4. The lowest BCUT2D eigenvalue weighted by Gasteiger charge is -2.40. The molecule has 1 aromatic carbocycles. The van der Waals surface area contributed by atoms with Gasteiger partial charge in [-0.2, -0.15) is 0 Å². The van der Waals surface area contributed by atoms with E-state index in [1.54, 1.807) is 30.3 Å². The van der Waals surface area contributed by atoms with Crippen LogP contribution in [0.5, 0.6) is 0 Å². The molecule has 1 fully saturated rings. The smallest absolute Gasteiger partial charge is 0.251 e. The molecule has 0 aliphatic carbocycles. The van der Waals surface area contributed by atoms with Crippen molar-refractivity contribution in [3.63, 3.8) is 0 Å². The zero-order valence-electron chi connectivity index (χ0n) is 10.6. The fraction of sp³-hybridized carbons (Fsp3) is 0.462. The van der Waals surface area contributed by atoms with Crippen LogP contribution in [0.15, 0.2) is 30.3 Å². The first kappa shape index (κ1) is 14.9. The minimum absolute atomic E-state index is 0.355. The van der Waals surface area contributed by atoms with Crippen LogP contribution in [0.2, 0.25) is 0 Å². The Hall–Kier alpha value is -1.51. The molecule has 0 saturated carbocycles. The van der Waals surface area contributed by atoms with Gasteiger partial charge in [-0.3, -0.25) is 4.79 Å². The first-order valence-electron chi connectivity index (χ1n) is 6.21. The third-order valence-corrected chi connectivity index (χ3v) is 3.24. The number of benzene rings is 1. The topological polar surface area (TPSA) is 119 Å². The molecule has 5 N–H and O–H groups in total. The Labute approximate surface area is 115 Å². The molecule has 0 spiro atoms. The lowest BCUT2D eigenvalue weighted by atomic mass is 9.96. The van der Waals surface area contributed by atoms with Crippen molar-refractivity contribution in [2.75, 3.05) is 6.61 Å². The summed E-state index contributed by atoms with van der Waals surface area (Å²) in [6.07, 6.45) is -5.47. The summed E-state index contributed by atoms with van der Waals surface area (Å²) in [6, 6.07) is 7.12. The summed E-state index contributed by atoms with van der Waals surface area (Å²) in [4.78, 5) is 12.0. The Morgan fingerprint density at radius 2 is 1.80 bits per heavy atom. The zero-order valence-corrected chi connectivity index (χ0v) is 10.6. The molecular formula is C13H17NO6. The number of hydrogen-bond donors (Lipinski definition) is 5. The number of hydrogen-bond acceptors (Lipinski definition) is 6. The van der Waals surface area contributed by atoms with Crippen LogP contribution in [0.25, 0.3) is 0 Å². The van der Waals surface area contributed by atoms with Gasteiger partial charge in [0.05, 0.1) is 12.6 Å². The van der Waals surface area contributed by atoms with Crippen LogP contribution in [0.4, 0.5) is 0 Å². The maximum absolute atomic E-state index is 12.0. The van der Waals surface area contributed by atoms with Crippen LogP contribution in [0.3, 0.4) is 0 Å². The highest BCUT2D eigenvalue weighted by molar-refractivity contribution is 5.94. The molecule has 2 rings (SSSR count). The molecule has 0 unspecified atom stereocenters. The number of rotatable bonds is 3. The summed E-state index contributed by atoms with van der Waals surface area (Å²) in [5, 5.41) is 40.7. The molecular weight excluding hydrogens is 266 g/mol. The van der Waals surface area contributed by atoms with E-state index in [1.807, 2.05) is 0 Å². The van der Waals surface area contributed by atoms with Crippen molar-refractivity contribution in [1.29, 1.82) is 0 Å². The third-order valence-electron chi connectivity index (χ3n) is 3.24. The minimum Gasteiger partial charge on any atom is -0.394 e. The number of ether oxygens (including phenoxy) is 1. The fourth-order valence-electron chi connectivity index (χ4n) is 2.10. The predicted molar refractivity (Wildman–Crippen MR) is 67.7 cm³/mol. The molecule has 0 aromatic heterocycles. The van der Waals surface area contributed by atoms with E-state index in [-0.39, 0.29) is 0 Å². The molecule has 20 heavy (non-hydrogen) atoms. The van der Waals surface area contributed by atoms with Crippen LogP contribution in [-0.2, 0) is 4.74 Å². The second kappa shape index (κ2) is 6.29. The van der Waals surface area contributed by atoms with Crippen molar-refractivity contribution in [3.8, 4) is 0 Å². The highest BCUT2D eigenvalue weighted by Gasteiger charge is 2.44. The maximum Gasteiger partial charge on any atom is 0.251 e. The number of nitrogens with one attached hydrogen (secondary N) is 1. The minimum atomic E-state index is -1.59. The second-order valence-electron chi connectivity index (χ2n) is 4.59. The highest BCUT2D eigenvalue weighted by atomic mass is 16.6. The van der Waals surface area contributed by atoms with Gasteiger partial charge in [0.1, 0.15) is 18.3 Å². The van der Waals surface area contributed by atoms with Crippen molar-refractivity contribution in [2.45, 2.75) is 30.6 Å². The van der Waals surface area contributed by atoms with Crippen LogP contribution >= 0.6 is 0 Å². The number of carbonyl (C=O) groups excluding carboxylic acids is 1. The Morgan fingerprint density at radius 1 is 1.15 bits per heavy atom. The summed E-state index contributed by atoms with van der Waals surface area (Å²) in [5.74, 6) is -0.500. The SMILES string of the molecule is O=C(N[C@H]1[C@@H](O)[C@@H](CO)O[C@@H](O)[C@H]1O)c1ccccc1. The molecule has 1 aliphatic rings. The molecule has 0 radical (unpaired) electrons. The van der Waals surface area contributed by atoms with Gasteiger partial charge in [-0.1, -0.05) is 18.2 Å². The largest absolute Gasteiger partial charge is 0.394 e. The van der Waals surface area contributed by atoms with E-state index >= 15 is 0 Å². The lowest BCUT2D eigenvalue weighted by Crippen LogP contribution is -2.64. The normalized spacial score (nSPS) is 33.7. The summed E-state index contributed by atoms with van der Waals surface area (Å²) in [5.41, 5.74) is 0.355. The van der Waals surface area contributed by atoms with Gasteiger partial charge >= 0.3 is 0 Å². The van der Waals surface area contributed by atoms with Gasteiger partial charge in [0.2, 0.25) is 0 Å². The average molecular weight is 283 g/mol. The predicted octanol–water partition coefficient (Wildman–Crippen LogP) is -1.78. The molecule has 0 bridgehead atoms. The van der Waals surface area contributed by atoms with E-state index < -0.39 is 43.2 Å². The first-order chi connectivity index (χ1) is 9.54. The summed E-state index contributed by atoms with van der Waals surface area (Å²) < 4.78 is 4.83. The fourth-order valence-corrected chi connectivity index (χ4v) is 2.10. The van der Waals surface area contributed by atoms with Crippen molar-refractivity contribution in [1.82, 2.24) is 5.32 Å². The van der Waals surface area contributed by atoms with Gasteiger partial charge in [0.25, 0.3) is 5.91 Å². The lowest BCUT2D eigenvalue weighted by molar-refractivity contribution is -0.260. The van der Waals surface area contributed by atoms with Crippen molar-refractivity contribution >= 4 is 5.91 Å². The van der Waals surface area contributed by atoms with Crippen molar-refractivity contribution in [2.24, 2.45) is 0 Å². The Balaban J connectivity index is 2.11. The van der Waals surface area contributed by atoms with Crippen LogP contribution in [0.1, 0.15) is 10.4 Å². The number of aliphatic hydroxyl groups excluding tert-OH is 4. The van der Waals surface area contributed by atoms with Gasteiger partial charge in [-0.25, -0.2) is 0 Å². The van der Waals surface area contributed by atoms with Crippen LogP contribution < -0.4 is 5.32 Å². The summed E-state index contributed by atoms with van der Waals surface area (Å²) in [6.45, 7) is -0.539. The molecule has 1 aliphatic heterocycles. The van der Waals surface area contributed by atoms with E-state index in [2.05, 4.69) is 5.32 Å². The third kappa shape index (κ3) is 2.97. The van der Waals surface area contributed by atoms with Crippen LogP contribution in [-0.4, -0.2) is 63.6 Å².